The van der Waals surface area contributed by atoms with Crippen LogP contribution in [0.3, 0.4) is 0 Å². The topological polar surface area (TPSA) is 59.8 Å². The summed E-state index contributed by atoms with van der Waals surface area (Å²) in [6, 6.07) is 8.15. The molecule has 0 saturated carbocycles. The van der Waals surface area contributed by atoms with E-state index in [4.69, 9.17) is 23.2 Å². The molecule has 0 aliphatic carbocycles. The summed E-state index contributed by atoms with van der Waals surface area (Å²) in [4.78, 5) is 12.2. The first-order chi connectivity index (χ1) is 13.6. The highest BCUT2D eigenvalue weighted by Gasteiger charge is 2.31. The molecule has 0 fully saturated rings. The van der Waals surface area contributed by atoms with Gasteiger partial charge in [-0.2, -0.15) is 13.2 Å². The summed E-state index contributed by atoms with van der Waals surface area (Å²) in [5, 5.41) is 11.2. The number of hydrogen-bond donors (Lipinski definition) is 1. The highest BCUT2D eigenvalue weighted by atomic mass is 35.5. The average Bonchev–Trinajstić information content (AvgIpc) is 3.12. The molecule has 0 atom stereocenters. The number of alkyl halides is 3. The zero-order valence-electron chi connectivity index (χ0n) is 14.8. The van der Waals surface area contributed by atoms with Crippen molar-refractivity contribution < 1.29 is 18.0 Å². The van der Waals surface area contributed by atoms with E-state index in [1.54, 1.807) is 10.6 Å². The van der Waals surface area contributed by atoms with Gasteiger partial charge in [-0.1, -0.05) is 41.0 Å². The number of aromatic nitrogens is 3. The molecule has 29 heavy (non-hydrogen) atoms. The number of rotatable bonds is 5. The van der Waals surface area contributed by atoms with Gasteiger partial charge in [0.2, 0.25) is 5.91 Å². The van der Waals surface area contributed by atoms with E-state index in [0.29, 0.717) is 10.2 Å². The third-order valence-electron chi connectivity index (χ3n) is 3.85. The van der Waals surface area contributed by atoms with E-state index >= 15 is 0 Å². The Morgan fingerprint density at radius 1 is 1.17 bits per heavy atom. The van der Waals surface area contributed by atoms with Crippen LogP contribution in [-0.4, -0.2) is 26.4 Å². The van der Waals surface area contributed by atoms with Crippen molar-refractivity contribution in [3.8, 4) is 5.69 Å². The van der Waals surface area contributed by atoms with Gasteiger partial charge in [0, 0.05) is 5.02 Å². The largest absolute Gasteiger partial charge is 0.416 e. The van der Waals surface area contributed by atoms with Gasteiger partial charge in [-0.3, -0.25) is 9.36 Å². The molecule has 0 aliphatic rings. The van der Waals surface area contributed by atoms with Crippen LogP contribution < -0.4 is 5.32 Å². The monoisotopic (exact) mass is 460 g/mol. The van der Waals surface area contributed by atoms with Crippen LogP contribution >= 0.6 is 35.0 Å². The smallest absolute Gasteiger partial charge is 0.324 e. The van der Waals surface area contributed by atoms with Gasteiger partial charge in [-0.25, -0.2) is 0 Å². The van der Waals surface area contributed by atoms with Gasteiger partial charge in [0.15, 0.2) is 5.16 Å². The van der Waals surface area contributed by atoms with Crippen LogP contribution in [-0.2, 0) is 11.0 Å². The predicted octanol–water partition coefficient (Wildman–Crippen LogP) is 5.63. The molecule has 0 aliphatic heterocycles. The molecule has 0 radical (unpaired) electrons. The van der Waals surface area contributed by atoms with Crippen molar-refractivity contribution in [2.45, 2.75) is 18.3 Å². The number of halogens is 5. The highest BCUT2D eigenvalue weighted by molar-refractivity contribution is 7.99. The Morgan fingerprint density at radius 2 is 1.93 bits per heavy atom. The summed E-state index contributed by atoms with van der Waals surface area (Å²) in [5.41, 5.74) is 0.615. The molecule has 152 valence electrons. The molecule has 1 aromatic heterocycles. The molecule has 0 bridgehead atoms. The molecule has 0 spiro atoms. The minimum atomic E-state index is -4.54. The quantitative estimate of drug-likeness (QED) is 0.501. The van der Waals surface area contributed by atoms with Crippen molar-refractivity contribution in [3.63, 3.8) is 0 Å². The van der Waals surface area contributed by atoms with E-state index in [-0.39, 0.29) is 16.5 Å². The summed E-state index contributed by atoms with van der Waals surface area (Å²) in [5.74, 6) is -0.641. The number of carbonyl (C=O) groups is 1. The van der Waals surface area contributed by atoms with E-state index in [1.807, 2.05) is 19.1 Å². The number of carbonyl (C=O) groups excluding carboxylic acids is 1. The normalized spacial score (nSPS) is 11.5. The molecule has 3 rings (SSSR count). The summed E-state index contributed by atoms with van der Waals surface area (Å²) in [6.07, 6.45) is -3.06. The van der Waals surface area contributed by atoms with Crippen molar-refractivity contribution in [2.24, 2.45) is 0 Å². The lowest BCUT2D eigenvalue weighted by atomic mass is 10.2. The summed E-state index contributed by atoms with van der Waals surface area (Å²) < 4.78 is 40.2. The average molecular weight is 461 g/mol. The molecule has 1 N–H and O–H groups in total. The lowest BCUT2D eigenvalue weighted by Gasteiger charge is -2.12. The van der Waals surface area contributed by atoms with E-state index in [1.165, 1.54) is 6.33 Å². The van der Waals surface area contributed by atoms with E-state index in [9.17, 15) is 18.0 Å². The molecule has 1 amide bonds. The number of thioether (sulfide) groups is 1. The maximum atomic E-state index is 12.8. The second-order valence-corrected chi connectivity index (χ2v) is 7.70. The molecule has 0 unspecified atom stereocenters. The second-order valence-electron chi connectivity index (χ2n) is 5.95. The molecule has 11 heteroatoms. The number of nitrogens with one attached hydrogen (secondary N) is 1. The van der Waals surface area contributed by atoms with Gasteiger partial charge >= 0.3 is 6.18 Å². The van der Waals surface area contributed by atoms with Crippen LogP contribution in [0.4, 0.5) is 18.9 Å². The number of anilines is 1. The van der Waals surface area contributed by atoms with E-state index < -0.39 is 17.6 Å². The van der Waals surface area contributed by atoms with Crippen molar-refractivity contribution in [3.05, 3.63) is 63.9 Å². The Morgan fingerprint density at radius 3 is 2.62 bits per heavy atom. The van der Waals surface area contributed by atoms with Gasteiger partial charge < -0.3 is 5.32 Å². The Hall–Kier alpha value is -2.23. The summed E-state index contributed by atoms with van der Waals surface area (Å²) in [7, 11) is 0. The maximum absolute atomic E-state index is 12.8. The zero-order chi connectivity index (χ0) is 21.2. The first-order valence-corrected chi connectivity index (χ1v) is 9.85. The molecule has 5 nitrogen and oxygen atoms in total. The van der Waals surface area contributed by atoms with Crippen LogP contribution in [0, 0.1) is 6.92 Å². The van der Waals surface area contributed by atoms with Crippen molar-refractivity contribution in [2.75, 3.05) is 11.1 Å². The minimum Gasteiger partial charge on any atom is -0.324 e. The Bertz CT molecular complexity index is 1060. The number of aryl methyl sites for hydroxylation is 1. The van der Waals surface area contributed by atoms with Crippen LogP contribution in [0.25, 0.3) is 5.69 Å². The molecule has 0 saturated heterocycles. The zero-order valence-corrected chi connectivity index (χ0v) is 17.1. The molecular formula is C18H13Cl2F3N4OS. The van der Waals surface area contributed by atoms with E-state index in [2.05, 4.69) is 15.5 Å². The van der Waals surface area contributed by atoms with Crippen LogP contribution in [0.5, 0.6) is 0 Å². The minimum absolute atomic E-state index is 0.00816. The van der Waals surface area contributed by atoms with Crippen LogP contribution in [0.1, 0.15) is 11.1 Å². The van der Waals surface area contributed by atoms with Gasteiger partial charge in [-0.05, 0) is 42.8 Å². The van der Waals surface area contributed by atoms with Gasteiger partial charge in [0.1, 0.15) is 6.33 Å². The van der Waals surface area contributed by atoms with Crippen LogP contribution in [0.2, 0.25) is 10.0 Å². The van der Waals surface area contributed by atoms with Crippen molar-refractivity contribution in [1.29, 1.82) is 0 Å². The maximum Gasteiger partial charge on any atom is 0.416 e. The number of amides is 1. The SMILES string of the molecule is Cc1ccc(-n2cnnc2SCC(=O)Nc2cc(C(F)(F)F)ccc2Cl)cc1Cl. The Kier molecular flexibility index (Phi) is 6.40. The number of benzene rings is 2. The predicted molar refractivity (Wildman–Crippen MR) is 107 cm³/mol. The lowest BCUT2D eigenvalue weighted by molar-refractivity contribution is -0.137. The molecule has 2 aromatic carbocycles. The summed E-state index contributed by atoms with van der Waals surface area (Å²) >= 11 is 13.1. The fourth-order valence-corrected chi connectivity index (χ4v) is 3.41. The fourth-order valence-electron chi connectivity index (χ4n) is 2.35. The van der Waals surface area contributed by atoms with Crippen LogP contribution in [0.15, 0.2) is 47.9 Å². The highest BCUT2D eigenvalue weighted by Crippen LogP contribution is 2.34. The van der Waals surface area contributed by atoms with Crippen molar-refractivity contribution in [1.82, 2.24) is 14.8 Å². The molecular weight excluding hydrogens is 448 g/mol. The third-order valence-corrected chi connectivity index (χ3v) is 5.53. The van der Waals surface area contributed by atoms with Gasteiger partial charge in [0.05, 0.1) is 27.7 Å². The lowest BCUT2D eigenvalue weighted by Crippen LogP contribution is -2.16. The first kappa shape index (κ1) is 21.5. The molecule has 1 heterocycles. The Labute approximate surface area is 178 Å². The van der Waals surface area contributed by atoms with Gasteiger partial charge in [-0.15, -0.1) is 10.2 Å². The van der Waals surface area contributed by atoms with Gasteiger partial charge in [0.25, 0.3) is 0 Å². The standard InChI is InChI=1S/C18H13Cl2F3N4OS/c1-10-2-4-12(7-14(10)20)27-9-24-26-17(27)29-8-16(28)25-15-6-11(18(21,22)23)3-5-13(15)19/h2-7,9H,8H2,1H3,(H,25,28). The fraction of sp³-hybridized carbons (Fsp3) is 0.167. The summed E-state index contributed by atoms with van der Waals surface area (Å²) in [6.45, 7) is 1.87. The first-order valence-electron chi connectivity index (χ1n) is 8.11. The number of nitrogens with zero attached hydrogens (tertiary/aromatic N) is 3. The van der Waals surface area contributed by atoms with Crippen molar-refractivity contribution >= 4 is 46.6 Å². The third kappa shape index (κ3) is 5.23. The number of hydrogen-bond acceptors (Lipinski definition) is 4. The molecule has 3 aromatic rings. The van der Waals surface area contributed by atoms with E-state index in [0.717, 1.165) is 41.2 Å². The second kappa shape index (κ2) is 8.64. The Balaban J connectivity index is 1.70.